The summed E-state index contributed by atoms with van der Waals surface area (Å²) in [6.07, 6.45) is 5.11. The van der Waals surface area contributed by atoms with E-state index >= 15 is 0 Å². The van der Waals surface area contributed by atoms with Gasteiger partial charge in [-0.15, -0.1) is 0 Å². The molecule has 1 amide bonds. The number of carbonyl (C=O) groups is 1. The zero-order valence-electron chi connectivity index (χ0n) is 17.7. The first kappa shape index (κ1) is 19.4. The predicted molar refractivity (Wildman–Crippen MR) is 111 cm³/mol. The minimum atomic E-state index is -0.148. The van der Waals surface area contributed by atoms with Crippen molar-refractivity contribution in [3.8, 4) is 0 Å². The molecule has 2 N–H and O–H groups in total. The molecule has 3 aromatic rings. The summed E-state index contributed by atoms with van der Waals surface area (Å²) >= 11 is 0. The summed E-state index contributed by atoms with van der Waals surface area (Å²) in [7, 11) is 0. The van der Waals surface area contributed by atoms with Gasteiger partial charge in [0.1, 0.15) is 11.3 Å². The molecule has 1 saturated heterocycles. The number of hydrogen-bond acceptors (Lipinski definition) is 6. The normalized spacial score (nSPS) is 17.3. The number of H-pyrrole nitrogens is 1. The highest BCUT2D eigenvalue weighted by molar-refractivity contribution is 5.84. The van der Waals surface area contributed by atoms with Crippen LogP contribution in [-0.2, 0) is 16.8 Å². The van der Waals surface area contributed by atoms with Gasteiger partial charge in [0.15, 0.2) is 11.5 Å². The molecule has 1 aliphatic heterocycles. The topological polar surface area (TPSA) is 105 Å². The van der Waals surface area contributed by atoms with E-state index in [-0.39, 0.29) is 17.5 Å². The zero-order chi connectivity index (χ0) is 20.8. The van der Waals surface area contributed by atoms with Crippen molar-refractivity contribution in [3.63, 3.8) is 0 Å². The Morgan fingerprint density at radius 1 is 1.34 bits per heavy atom. The molecule has 1 fully saturated rings. The van der Waals surface area contributed by atoms with E-state index in [1.54, 1.807) is 6.92 Å². The van der Waals surface area contributed by atoms with Crippen LogP contribution in [0.4, 0.5) is 5.82 Å². The molecule has 9 nitrogen and oxygen atoms in total. The Morgan fingerprint density at radius 2 is 2.14 bits per heavy atom. The fraction of sp³-hybridized carbons (Fsp3) is 0.550. The number of nitrogens with one attached hydrogen (secondary N) is 2. The number of aromatic amines is 1. The first-order valence-corrected chi connectivity index (χ1v) is 9.97. The number of amides is 1. The molecule has 0 spiro atoms. The number of fused-ring (bicyclic) bond motifs is 1. The summed E-state index contributed by atoms with van der Waals surface area (Å²) in [6.45, 7) is 11.6. The van der Waals surface area contributed by atoms with E-state index in [0.29, 0.717) is 17.9 Å². The van der Waals surface area contributed by atoms with Gasteiger partial charge >= 0.3 is 0 Å². The van der Waals surface area contributed by atoms with Crippen LogP contribution in [0.15, 0.2) is 12.5 Å². The van der Waals surface area contributed by atoms with E-state index in [1.165, 1.54) is 0 Å². The Morgan fingerprint density at radius 3 is 2.79 bits per heavy atom. The molecule has 0 bridgehead atoms. The third-order valence-corrected chi connectivity index (χ3v) is 5.32. The number of carbonyl (C=O) groups excluding carboxylic acids is 1. The molecule has 4 heterocycles. The molecule has 9 heteroatoms. The lowest BCUT2D eigenvalue weighted by atomic mass is 10.1. The number of rotatable bonds is 4. The lowest BCUT2D eigenvalue weighted by molar-refractivity contribution is -0.119. The molecule has 0 unspecified atom stereocenters. The van der Waals surface area contributed by atoms with Crippen LogP contribution in [0.2, 0.25) is 0 Å². The summed E-state index contributed by atoms with van der Waals surface area (Å²) in [6, 6.07) is 0.127. The van der Waals surface area contributed by atoms with Crippen molar-refractivity contribution in [1.82, 2.24) is 35.0 Å². The Labute approximate surface area is 169 Å². The van der Waals surface area contributed by atoms with Gasteiger partial charge in [-0.2, -0.15) is 5.10 Å². The molecule has 0 aliphatic carbocycles. The second-order valence-electron chi connectivity index (χ2n) is 8.76. The third-order valence-electron chi connectivity index (χ3n) is 5.32. The third kappa shape index (κ3) is 3.81. The summed E-state index contributed by atoms with van der Waals surface area (Å²) in [5.41, 5.74) is 3.57. The van der Waals surface area contributed by atoms with Crippen LogP contribution < -0.4 is 10.2 Å². The second kappa shape index (κ2) is 7.13. The van der Waals surface area contributed by atoms with Crippen molar-refractivity contribution >= 4 is 22.9 Å². The molecule has 154 valence electrons. The van der Waals surface area contributed by atoms with Crippen LogP contribution in [0.5, 0.6) is 0 Å². The number of anilines is 1. The zero-order valence-corrected chi connectivity index (χ0v) is 17.7. The Kier molecular flexibility index (Phi) is 4.76. The van der Waals surface area contributed by atoms with Crippen molar-refractivity contribution in [2.45, 2.75) is 59.0 Å². The number of hydrogen-bond donors (Lipinski definition) is 2. The summed E-state index contributed by atoms with van der Waals surface area (Å²) in [5.74, 6) is 1.59. The summed E-state index contributed by atoms with van der Waals surface area (Å²) in [5, 5.41) is 10.2. The summed E-state index contributed by atoms with van der Waals surface area (Å²) in [4.78, 5) is 28.0. The van der Waals surface area contributed by atoms with Gasteiger partial charge < -0.3 is 14.8 Å². The van der Waals surface area contributed by atoms with E-state index in [2.05, 4.69) is 50.7 Å². The highest BCUT2D eigenvalue weighted by Gasteiger charge is 2.29. The van der Waals surface area contributed by atoms with E-state index in [4.69, 9.17) is 9.97 Å². The smallest absolute Gasteiger partial charge is 0.217 e. The maximum Gasteiger partial charge on any atom is 0.217 e. The number of aromatic nitrogens is 6. The maximum atomic E-state index is 11.5. The number of nitrogens with zero attached hydrogens (tertiary/aromatic N) is 6. The standard InChI is InChI=1S/C20H28N8O/c1-12-9-22-26-15(12)8-16-24-18-17(28(11-21-18)20(3,4)5)19(25-16)27-7-6-14(10-27)23-13(2)29/h9,11,14H,6-8,10H2,1-5H3,(H,22,26)(H,23,29)/t14-/m0/s1. The largest absolute Gasteiger partial charge is 0.353 e. The van der Waals surface area contributed by atoms with E-state index in [0.717, 1.165) is 42.1 Å². The molecule has 0 aromatic carbocycles. The Balaban J connectivity index is 1.77. The molecule has 29 heavy (non-hydrogen) atoms. The average Bonchev–Trinajstić information content (AvgIpc) is 3.34. The molecule has 1 aliphatic rings. The van der Waals surface area contributed by atoms with Crippen molar-refractivity contribution in [2.24, 2.45) is 0 Å². The quantitative estimate of drug-likeness (QED) is 0.698. The number of imidazole rings is 1. The van der Waals surface area contributed by atoms with Gasteiger partial charge in [-0.3, -0.25) is 9.89 Å². The fourth-order valence-corrected chi connectivity index (χ4v) is 3.83. The van der Waals surface area contributed by atoms with Crippen molar-refractivity contribution in [2.75, 3.05) is 18.0 Å². The first-order chi connectivity index (χ1) is 13.7. The molecule has 0 saturated carbocycles. The van der Waals surface area contributed by atoms with Crippen molar-refractivity contribution in [3.05, 3.63) is 29.6 Å². The fourth-order valence-electron chi connectivity index (χ4n) is 3.83. The Hall–Kier alpha value is -2.97. The van der Waals surface area contributed by atoms with Crippen LogP contribution in [0.3, 0.4) is 0 Å². The van der Waals surface area contributed by atoms with E-state index in [1.807, 2.05) is 19.4 Å². The predicted octanol–water partition coefficient (Wildman–Crippen LogP) is 1.92. The highest BCUT2D eigenvalue weighted by atomic mass is 16.1. The van der Waals surface area contributed by atoms with Crippen LogP contribution in [0.25, 0.3) is 11.2 Å². The number of aryl methyl sites for hydroxylation is 1. The van der Waals surface area contributed by atoms with Crippen molar-refractivity contribution < 1.29 is 4.79 Å². The van der Waals surface area contributed by atoms with Crippen LogP contribution >= 0.6 is 0 Å². The Bertz CT molecular complexity index is 1040. The average molecular weight is 396 g/mol. The highest BCUT2D eigenvalue weighted by Crippen LogP contribution is 2.31. The van der Waals surface area contributed by atoms with Crippen LogP contribution in [-0.4, -0.2) is 54.8 Å². The maximum absolute atomic E-state index is 11.5. The summed E-state index contributed by atoms with van der Waals surface area (Å²) < 4.78 is 2.13. The van der Waals surface area contributed by atoms with Gasteiger partial charge in [-0.25, -0.2) is 15.0 Å². The molecule has 1 atom stereocenters. The van der Waals surface area contributed by atoms with Crippen LogP contribution in [0, 0.1) is 6.92 Å². The van der Waals surface area contributed by atoms with Gasteiger partial charge in [-0.1, -0.05) is 0 Å². The van der Waals surface area contributed by atoms with Crippen molar-refractivity contribution in [1.29, 1.82) is 0 Å². The van der Waals surface area contributed by atoms with E-state index < -0.39 is 0 Å². The first-order valence-electron chi connectivity index (χ1n) is 9.97. The van der Waals surface area contributed by atoms with E-state index in [9.17, 15) is 4.79 Å². The minimum absolute atomic E-state index is 0.000160. The molecule has 0 radical (unpaired) electrons. The van der Waals surface area contributed by atoms with Crippen LogP contribution in [0.1, 0.15) is 51.2 Å². The van der Waals surface area contributed by atoms with Gasteiger partial charge in [0.2, 0.25) is 5.91 Å². The van der Waals surface area contributed by atoms with Gasteiger partial charge in [-0.05, 0) is 39.7 Å². The minimum Gasteiger partial charge on any atom is -0.353 e. The van der Waals surface area contributed by atoms with Gasteiger partial charge in [0.25, 0.3) is 0 Å². The lowest BCUT2D eigenvalue weighted by Crippen LogP contribution is -2.36. The molecule has 4 rings (SSSR count). The molecule has 3 aromatic heterocycles. The van der Waals surface area contributed by atoms with Gasteiger partial charge in [0, 0.05) is 43.7 Å². The SMILES string of the molecule is CC(=O)N[C@H]1CCN(c2nc(Cc3[nH]ncc3C)nc3ncn(C(C)(C)C)c23)C1. The molecular formula is C20H28N8O. The molecular weight excluding hydrogens is 368 g/mol. The van der Waals surface area contributed by atoms with Gasteiger partial charge in [0.05, 0.1) is 12.5 Å². The monoisotopic (exact) mass is 396 g/mol. The lowest BCUT2D eigenvalue weighted by Gasteiger charge is -2.25. The second-order valence-corrected chi connectivity index (χ2v) is 8.76.